The second-order valence-electron chi connectivity index (χ2n) is 4.98. The van der Waals surface area contributed by atoms with Gasteiger partial charge >= 0.3 is 12.0 Å². The summed E-state index contributed by atoms with van der Waals surface area (Å²) in [4.78, 5) is 34.6. The minimum Gasteiger partial charge on any atom is -0.492 e. The largest absolute Gasteiger partial charge is 0.492 e. The number of rotatable bonds is 4. The van der Waals surface area contributed by atoms with E-state index in [4.69, 9.17) is 21.1 Å². The summed E-state index contributed by atoms with van der Waals surface area (Å²) in [5, 5.41) is 5.01. The molecule has 0 saturated carbocycles. The first-order valence-corrected chi connectivity index (χ1v) is 7.53. The van der Waals surface area contributed by atoms with Crippen molar-refractivity contribution >= 4 is 29.5 Å². The van der Waals surface area contributed by atoms with Crippen molar-refractivity contribution in [2.45, 2.75) is 13.3 Å². The van der Waals surface area contributed by atoms with Gasteiger partial charge in [0, 0.05) is 11.6 Å². The molecule has 1 atom stereocenters. The number of imide groups is 1. The minimum absolute atomic E-state index is 0.172. The number of fused-ring (bicyclic) bond motifs is 1. The number of hydrogen-bond acceptors (Lipinski definition) is 5. The monoisotopic (exact) mass is 340 g/mol. The molecule has 2 N–H and O–H groups in total. The zero-order valence-electron chi connectivity index (χ0n) is 12.6. The van der Waals surface area contributed by atoms with Crippen molar-refractivity contribution in [3.05, 3.63) is 28.8 Å². The van der Waals surface area contributed by atoms with Crippen molar-refractivity contribution < 1.29 is 23.9 Å². The number of carbonyl (C=O) groups is 3. The lowest BCUT2D eigenvalue weighted by atomic mass is 9.97. The van der Waals surface area contributed by atoms with E-state index in [2.05, 4.69) is 5.32 Å². The fourth-order valence-corrected chi connectivity index (χ4v) is 2.33. The Hall–Kier alpha value is -2.28. The maximum atomic E-state index is 12.0. The summed E-state index contributed by atoms with van der Waals surface area (Å²) in [6, 6.07) is 4.57. The SMILES string of the molecule is CCNC(=O)NC(=O)COC(=O)[C@H]1COc2ccc(Cl)cc2C1. The number of benzene rings is 1. The maximum Gasteiger partial charge on any atom is 0.321 e. The van der Waals surface area contributed by atoms with Crippen molar-refractivity contribution in [3.8, 4) is 5.75 Å². The van der Waals surface area contributed by atoms with Gasteiger partial charge in [-0.05, 0) is 37.1 Å². The highest BCUT2D eigenvalue weighted by molar-refractivity contribution is 6.30. The summed E-state index contributed by atoms with van der Waals surface area (Å²) in [6.45, 7) is 1.76. The average molecular weight is 341 g/mol. The lowest BCUT2D eigenvalue weighted by molar-refractivity contribution is -0.153. The van der Waals surface area contributed by atoms with Crippen LogP contribution in [0.3, 0.4) is 0 Å². The van der Waals surface area contributed by atoms with E-state index in [1.165, 1.54) is 0 Å². The molecule has 1 aliphatic rings. The van der Waals surface area contributed by atoms with Crippen LogP contribution >= 0.6 is 11.6 Å². The molecule has 0 aromatic heterocycles. The molecular formula is C15H17ClN2O5. The highest BCUT2D eigenvalue weighted by Crippen LogP contribution is 2.30. The van der Waals surface area contributed by atoms with Gasteiger partial charge in [0.1, 0.15) is 12.4 Å². The number of hydrogen-bond donors (Lipinski definition) is 2. The number of ether oxygens (including phenoxy) is 2. The van der Waals surface area contributed by atoms with Gasteiger partial charge in [-0.2, -0.15) is 0 Å². The first-order chi connectivity index (χ1) is 11.0. The van der Waals surface area contributed by atoms with Crippen LogP contribution in [0.25, 0.3) is 0 Å². The van der Waals surface area contributed by atoms with Gasteiger partial charge < -0.3 is 14.8 Å². The molecule has 0 unspecified atom stereocenters. The molecule has 0 spiro atoms. The number of amides is 3. The summed E-state index contributed by atoms with van der Waals surface area (Å²) in [6.07, 6.45) is 0.423. The number of urea groups is 1. The van der Waals surface area contributed by atoms with Gasteiger partial charge in [-0.3, -0.25) is 14.9 Å². The lowest BCUT2D eigenvalue weighted by Crippen LogP contribution is -2.42. The van der Waals surface area contributed by atoms with E-state index >= 15 is 0 Å². The zero-order valence-corrected chi connectivity index (χ0v) is 13.3. The van der Waals surface area contributed by atoms with E-state index in [1.807, 2.05) is 5.32 Å². The van der Waals surface area contributed by atoms with Crippen LogP contribution in [-0.2, 0) is 20.7 Å². The number of esters is 1. The molecule has 2 rings (SSSR count). The van der Waals surface area contributed by atoms with Crippen LogP contribution in [0.4, 0.5) is 4.79 Å². The van der Waals surface area contributed by atoms with Gasteiger partial charge in [0.25, 0.3) is 5.91 Å². The average Bonchev–Trinajstić information content (AvgIpc) is 2.52. The molecule has 1 heterocycles. The Morgan fingerprint density at radius 3 is 2.91 bits per heavy atom. The maximum absolute atomic E-state index is 12.0. The molecule has 0 aliphatic carbocycles. The fourth-order valence-electron chi connectivity index (χ4n) is 2.14. The third-order valence-corrected chi connectivity index (χ3v) is 3.43. The molecule has 0 saturated heterocycles. The van der Waals surface area contributed by atoms with Gasteiger partial charge in [-0.25, -0.2) is 4.79 Å². The summed E-state index contributed by atoms with van der Waals surface area (Å²) in [5.41, 5.74) is 0.817. The second kappa shape index (κ2) is 7.82. The van der Waals surface area contributed by atoms with Gasteiger partial charge in [0.2, 0.25) is 0 Å². The molecule has 1 aromatic carbocycles. The highest BCUT2D eigenvalue weighted by atomic mass is 35.5. The van der Waals surface area contributed by atoms with Crippen molar-refractivity contribution in [1.29, 1.82) is 0 Å². The van der Waals surface area contributed by atoms with Crippen molar-refractivity contribution in [1.82, 2.24) is 10.6 Å². The Balaban J connectivity index is 1.83. The van der Waals surface area contributed by atoms with E-state index in [-0.39, 0.29) is 6.61 Å². The molecule has 0 bridgehead atoms. The smallest absolute Gasteiger partial charge is 0.321 e. The Kier molecular flexibility index (Phi) is 5.81. The first-order valence-electron chi connectivity index (χ1n) is 7.15. The van der Waals surface area contributed by atoms with E-state index in [0.29, 0.717) is 23.7 Å². The molecule has 7 nitrogen and oxygen atoms in total. The van der Waals surface area contributed by atoms with Gasteiger partial charge in [0.05, 0.1) is 5.92 Å². The molecule has 1 aromatic rings. The summed E-state index contributed by atoms with van der Waals surface area (Å²) >= 11 is 5.92. The molecule has 124 valence electrons. The first kappa shape index (κ1) is 17.1. The lowest BCUT2D eigenvalue weighted by Gasteiger charge is -2.24. The van der Waals surface area contributed by atoms with Crippen molar-refractivity contribution in [3.63, 3.8) is 0 Å². The van der Waals surface area contributed by atoms with Crippen LogP contribution < -0.4 is 15.4 Å². The van der Waals surface area contributed by atoms with Crippen LogP contribution in [0.5, 0.6) is 5.75 Å². The third kappa shape index (κ3) is 4.85. The fraction of sp³-hybridized carbons (Fsp3) is 0.400. The summed E-state index contributed by atoms with van der Waals surface area (Å²) in [5.74, 6) is -1.07. The van der Waals surface area contributed by atoms with Gasteiger partial charge in [0.15, 0.2) is 6.61 Å². The Morgan fingerprint density at radius 2 is 2.17 bits per heavy atom. The molecule has 0 fully saturated rings. The van der Waals surface area contributed by atoms with Crippen LogP contribution in [0.15, 0.2) is 18.2 Å². The number of carbonyl (C=O) groups excluding carboxylic acids is 3. The van der Waals surface area contributed by atoms with E-state index in [1.54, 1.807) is 25.1 Å². The quantitative estimate of drug-likeness (QED) is 0.805. The van der Waals surface area contributed by atoms with E-state index in [9.17, 15) is 14.4 Å². The number of nitrogens with one attached hydrogen (secondary N) is 2. The topological polar surface area (TPSA) is 93.7 Å². The predicted molar refractivity (Wildman–Crippen MR) is 82.3 cm³/mol. The zero-order chi connectivity index (χ0) is 16.8. The third-order valence-electron chi connectivity index (χ3n) is 3.20. The van der Waals surface area contributed by atoms with Crippen LogP contribution in [0.1, 0.15) is 12.5 Å². The highest BCUT2D eigenvalue weighted by Gasteiger charge is 2.28. The van der Waals surface area contributed by atoms with Crippen LogP contribution in [-0.4, -0.2) is 37.7 Å². The Bertz CT molecular complexity index is 620. The molecular weight excluding hydrogens is 324 g/mol. The number of halogens is 1. The molecule has 0 radical (unpaired) electrons. The molecule has 1 aliphatic heterocycles. The second-order valence-corrected chi connectivity index (χ2v) is 5.42. The van der Waals surface area contributed by atoms with Gasteiger partial charge in [-0.1, -0.05) is 11.6 Å². The van der Waals surface area contributed by atoms with Crippen molar-refractivity contribution in [2.75, 3.05) is 19.8 Å². The van der Waals surface area contributed by atoms with Crippen LogP contribution in [0.2, 0.25) is 5.02 Å². The minimum atomic E-state index is -0.690. The van der Waals surface area contributed by atoms with Gasteiger partial charge in [-0.15, -0.1) is 0 Å². The normalized spacial score (nSPS) is 15.8. The Morgan fingerprint density at radius 1 is 1.39 bits per heavy atom. The standard InChI is InChI=1S/C15H17ClN2O5/c1-2-17-15(21)18-13(19)8-23-14(20)10-5-9-6-11(16)3-4-12(9)22-7-10/h3-4,6,10H,2,5,7-8H2,1H3,(H2,17,18,19,21)/t10-/m1/s1. The van der Waals surface area contributed by atoms with E-state index < -0.39 is 30.4 Å². The van der Waals surface area contributed by atoms with Crippen molar-refractivity contribution in [2.24, 2.45) is 5.92 Å². The Labute approximate surface area is 138 Å². The summed E-state index contributed by atoms with van der Waals surface area (Å²) < 4.78 is 10.4. The molecule has 3 amide bonds. The molecule has 23 heavy (non-hydrogen) atoms. The molecule has 8 heteroatoms. The van der Waals surface area contributed by atoms with Crippen LogP contribution in [0, 0.1) is 5.92 Å². The predicted octanol–water partition coefficient (Wildman–Crippen LogP) is 1.28. The van der Waals surface area contributed by atoms with E-state index in [0.717, 1.165) is 5.56 Å². The summed E-state index contributed by atoms with van der Waals surface area (Å²) in [7, 11) is 0.